The monoisotopic (exact) mass is 263 g/mol. The van der Waals surface area contributed by atoms with E-state index in [1.807, 2.05) is 51.4 Å². The van der Waals surface area contributed by atoms with E-state index in [1.165, 1.54) is 0 Å². The molecule has 1 aliphatic rings. The van der Waals surface area contributed by atoms with E-state index >= 15 is 0 Å². The average Bonchev–Trinajstić information content (AvgIpc) is 2.78. The fourth-order valence-electron chi connectivity index (χ4n) is 2.20. The van der Waals surface area contributed by atoms with Gasteiger partial charge in [0.2, 0.25) is 0 Å². The maximum atomic E-state index is 11.6. The van der Waals surface area contributed by atoms with Crippen molar-refractivity contribution in [3.05, 3.63) is 18.0 Å². The molecule has 0 amide bonds. The van der Waals surface area contributed by atoms with Crippen molar-refractivity contribution in [2.45, 2.75) is 59.3 Å². The van der Waals surface area contributed by atoms with Gasteiger partial charge in [-0.05, 0) is 40.7 Å². The fraction of sp³-hybridized carbons (Fsp3) is 0.643. The number of aryl methyl sites for hydroxylation is 1. The Morgan fingerprint density at radius 2 is 1.79 bits per heavy atom. The highest BCUT2D eigenvalue weighted by Crippen LogP contribution is 2.36. The Morgan fingerprint density at radius 1 is 1.26 bits per heavy atom. The minimum atomic E-state index is -0.407. The van der Waals surface area contributed by atoms with Crippen LogP contribution in [0, 0.1) is 0 Å². The van der Waals surface area contributed by atoms with Crippen molar-refractivity contribution < 1.29 is 14.1 Å². The van der Waals surface area contributed by atoms with Crippen molar-refractivity contribution in [3.63, 3.8) is 0 Å². The van der Waals surface area contributed by atoms with E-state index in [1.54, 1.807) is 6.92 Å². The van der Waals surface area contributed by atoms with Crippen LogP contribution in [0.15, 0.2) is 12.3 Å². The van der Waals surface area contributed by atoms with Gasteiger partial charge in [-0.15, -0.1) is 0 Å². The quantitative estimate of drug-likeness (QED) is 0.618. The normalized spacial score (nSPS) is 20.8. The molecular weight excluding hydrogens is 241 g/mol. The summed E-state index contributed by atoms with van der Waals surface area (Å²) >= 11 is 0. The van der Waals surface area contributed by atoms with Gasteiger partial charge in [0.25, 0.3) is 0 Å². The first-order valence-electron chi connectivity index (χ1n) is 6.74. The number of rotatable bonds is 3. The third kappa shape index (κ3) is 2.37. The molecule has 4 nitrogen and oxygen atoms in total. The smallest absolute Gasteiger partial charge is 0.399 e. The highest BCUT2D eigenvalue weighted by atomic mass is 16.7. The highest BCUT2D eigenvalue weighted by molar-refractivity contribution is 6.62. The van der Waals surface area contributed by atoms with Crippen LogP contribution in [0.2, 0.25) is 0 Å². The molecule has 2 heterocycles. The Hall–Kier alpha value is -1.07. The van der Waals surface area contributed by atoms with Crippen LogP contribution in [-0.4, -0.2) is 28.7 Å². The molecule has 0 aliphatic carbocycles. The SMILES string of the molecule is CCn1cc(B2OC(C)(C)C(C)(C)O2)cc1C(C)=O. The van der Waals surface area contributed by atoms with E-state index in [-0.39, 0.29) is 17.0 Å². The molecule has 2 rings (SSSR count). The number of hydrogen-bond acceptors (Lipinski definition) is 3. The fourth-order valence-corrected chi connectivity index (χ4v) is 2.20. The van der Waals surface area contributed by atoms with Crippen LogP contribution < -0.4 is 5.46 Å². The summed E-state index contributed by atoms with van der Waals surface area (Å²) in [6.45, 7) is 12.4. The van der Waals surface area contributed by atoms with E-state index in [0.29, 0.717) is 5.69 Å². The van der Waals surface area contributed by atoms with Crippen LogP contribution in [0.4, 0.5) is 0 Å². The van der Waals surface area contributed by atoms with Crippen molar-refractivity contribution in [1.29, 1.82) is 0 Å². The van der Waals surface area contributed by atoms with Gasteiger partial charge in [-0.25, -0.2) is 0 Å². The van der Waals surface area contributed by atoms with E-state index < -0.39 is 7.12 Å². The summed E-state index contributed by atoms with van der Waals surface area (Å²) in [6, 6.07) is 1.87. The van der Waals surface area contributed by atoms with E-state index in [9.17, 15) is 4.79 Å². The summed E-state index contributed by atoms with van der Waals surface area (Å²) in [5.74, 6) is 0.0598. The zero-order chi connectivity index (χ0) is 14.4. The molecule has 0 spiro atoms. The molecule has 0 saturated carbocycles. The Bertz CT molecular complexity index is 489. The lowest BCUT2D eigenvalue weighted by molar-refractivity contribution is 0.00578. The van der Waals surface area contributed by atoms with Gasteiger partial charge in [0.1, 0.15) is 0 Å². The topological polar surface area (TPSA) is 40.5 Å². The van der Waals surface area contributed by atoms with Crippen molar-refractivity contribution in [2.75, 3.05) is 0 Å². The average molecular weight is 263 g/mol. The van der Waals surface area contributed by atoms with Crippen LogP contribution in [-0.2, 0) is 15.9 Å². The molecule has 0 N–H and O–H groups in total. The predicted octanol–water partition coefficient (Wildman–Crippen LogP) is 2.01. The number of aromatic nitrogens is 1. The Labute approximate surface area is 115 Å². The Morgan fingerprint density at radius 3 is 2.16 bits per heavy atom. The molecule has 5 heteroatoms. The van der Waals surface area contributed by atoms with Gasteiger partial charge >= 0.3 is 7.12 Å². The van der Waals surface area contributed by atoms with Crippen LogP contribution in [0.1, 0.15) is 52.0 Å². The summed E-state index contributed by atoms with van der Waals surface area (Å²) < 4.78 is 13.9. The molecule has 1 aromatic rings. The maximum Gasteiger partial charge on any atom is 0.496 e. The lowest BCUT2D eigenvalue weighted by atomic mass is 9.81. The van der Waals surface area contributed by atoms with Crippen molar-refractivity contribution in [2.24, 2.45) is 0 Å². The molecule has 104 valence electrons. The van der Waals surface area contributed by atoms with Crippen LogP contribution in [0.25, 0.3) is 0 Å². The minimum absolute atomic E-state index is 0.0598. The summed E-state index contributed by atoms with van der Waals surface area (Å²) in [6.07, 6.45) is 1.94. The van der Waals surface area contributed by atoms with Crippen molar-refractivity contribution >= 4 is 18.4 Å². The van der Waals surface area contributed by atoms with Gasteiger partial charge in [0, 0.05) is 25.1 Å². The number of ketones is 1. The summed E-state index contributed by atoms with van der Waals surface area (Å²) in [4.78, 5) is 11.6. The van der Waals surface area contributed by atoms with Crippen LogP contribution >= 0.6 is 0 Å². The predicted molar refractivity (Wildman–Crippen MR) is 75.8 cm³/mol. The Kier molecular flexibility index (Phi) is 3.39. The second-order valence-corrected chi connectivity index (χ2v) is 6.09. The lowest BCUT2D eigenvalue weighted by Crippen LogP contribution is -2.41. The molecule has 19 heavy (non-hydrogen) atoms. The molecule has 1 aliphatic heterocycles. The van der Waals surface area contributed by atoms with Crippen molar-refractivity contribution in [1.82, 2.24) is 4.57 Å². The van der Waals surface area contributed by atoms with Crippen LogP contribution in [0.3, 0.4) is 0 Å². The zero-order valence-electron chi connectivity index (χ0n) is 12.6. The number of hydrogen-bond donors (Lipinski definition) is 0. The molecule has 1 fully saturated rings. The first kappa shape index (κ1) is 14.3. The third-order valence-electron chi connectivity index (χ3n) is 4.14. The first-order chi connectivity index (χ1) is 8.68. The number of nitrogens with zero attached hydrogens (tertiary/aromatic N) is 1. The molecule has 0 unspecified atom stereocenters. The Balaban J connectivity index is 2.32. The lowest BCUT2D eigenvalue weighted by Gasteiger charge is -2.32. The number of carbonyl (C=O) groups excluding carboxylic acids is 1. The maximum absolute atomic E-state index is 11.6. The molecule has 1 aromatic heterocycles. The van der Waals surface area contributed by atoms with Gasteiger partial charge in [0.15, 0.2) is 5.78 Å². The molecule has 0 atom stereocenters. The van der Waals surface area contributed by atoms with Gasteiger partial charge in [-0.2, -0.15) is 0 Å². The zero-order valence-corrected chi connectivity index (χ0v) is 12.6. The van der Waals surface area contributed by atoms with E-state index in [2.05, 4.69) is 0 Å². The molecule has 0 aromatic carbocycles. The van der Waals surface area contributed by atoms with E-state index in [0.717, 1.165) is 12.0 Å². The third-order valence-corrected chi connectivity index (χ3v) is 4.14. The first-order valence-corrected chi connectivity index (χ1v) is 6.74. The summed E-state index contributed by atoms with van der Waals surface area (Å²) in [5.41, 5.74) is 0.892. The molecular formula is C14H22BNO3. The highest BCUT2D eigenvalue weighted by Gasteiger charge is 2.52. The number of Topliss-reactive ketones (excluding diaryl/α,β-unsaturated/α-hetero) is 1. The number of carbonyl (C=O) groups is 1. The summed E-state index contributed by atoms with van der Waals surface area (Å²) in [7, 11) is -0.407. The standard InChI is InChI=1S/C14H22BNO3/c1-7-16-9-11(8-12(16)10(2)17)15-18-13(3,4)14(5,6)19-15/h8-9H,7H2,1-6H3. The second-order valence-electron chi connectivity index (χ2n) is 6.09. The van der Waals surface area contributed by atoms with Gasteiger partial charge < -0.3 is 13.9 Å². The largest absolute Gasteiger partial charge is 0.496 e. The molecule has 0 bridgehead atoms. The van der Waals surface area contributed by atoms with Gasteiger partial charge in [-0.1, -0.05) is 0 Å². The second kappa shape index (κ2) is 4.49. The minimum Gasteiger partial charge on any atom is -0.399 e. The van der Waals surface area contributed by atoms with Crippen LogP contribution in [0.5, 0.6) is 0 Å². The molecule has 1 saturated heterocycles. The van der Waals surface area contributed by atoms with Gasteiger partial charge in [0.05, 0.1) is 16.9 Å². The summed E-state index contributed by atoms with van der Waals surface area (Å²) in [5, 5.41) is 0. The van der Waals surface area contributed by atoms with E-state index in [4.69, 9.17) is 9.31 Å². The van der Waals surface area contributed by atoms with Crippen molar-refractivity contribution in [3.8, 4) is 0 Å². The van der Waals surface area contributed by atoms with Gasteiger partial charge in [-0.3, -0.25) is 4.79 Å². The molecule has 0 radical (unpaired) electrons.